The van der Waals surface area contributed by atoms with Crippen LogP contribution in [0.25, 0.3) is 21.8 Å². The molecular formula is C56H60Cl2N2O12. The quantitative estimate of drug-likeness (QED) is 0.0628. The highest BCUT2D eigenvalue weighted by atomic mass is 35.5. The number of hydrogen-bond donors (Lipinski definition) is 0. The maximum absolute atomic E-state index is 12.6. The lowest BCUT2D eigenvalue weighted by Gasteiger charge is -2.24. The van der Waals surface area contributed by atoms with Crippen LogP contribution in [0.3, 0.4) is 0 Å². The van der Waals surface area contributed by atoms with Crippen molar-refractivity contribution in [1.29, 1.82) is 0 Å². The second kappa shape index (κ2) is 24.6. The number of ketones is 2. The lowest BCUT2D eigenvalue weighted by Crippen LogP contribution is -2.17. The van der Waals surface area contributed by atoms with Gasteiger partial charge in [0.2, 0.25) is 11.5 Å². The van der Waals surface area contributed by atoms with E-state index < -0.39 is 0 Å². The summed E-state index contributed by atoms with van der Waals surface area (Å²) in [6, 6.07) is 18.1. The van der Waals surface area contributed by atoms with Crippen LogP contribution >= 0.6 is 23.2 Å². The van der Waals surface area contributed by atoms with Crippen molar-refractivity contribution in [3.05, 3.63) is 94.2 Å². The molecule has 6 aromatic rings. The number of hydrogen-bond acceptors (Lipinski definition) is 14. The molecule has 2 aliphatic heterocycles. The summed E-state index contributed by atoms with van der Waals surface area (Å²) in [4.78, 5) is 34.0. The molecule has 0 amide bonds. The summed E-state index contributed by atoms with van der Waals surface area (Å²) in [7, 11) is 3.29. The number of benzene rings is 4. The van der Waals surface area contributed by atoms with Crippen molar-refractivity contribution >= 4 is 56.6 Å². The third kappa shape index (κ3) is 12.6. The number of Topliss-reactive ketones (excluding diaryl/α,β-unsaturated/α-hetero) is 2. The first kappa shape index (κ1) is 50.9. The van der Waals surface area contributed by atoms with Gasteiger partial charge in [0.25, 0.3) is 0 Å². The molecule has 2 fully saturated rings. The minimum atomic E-state index is 0.236. The average Bonchev–Trinajstić information content (AvgIpc) is 3.89. The van der Waals surface area contributed by atoms with Gasteiger partial charge in [0.15, 0.2) is 23.0 Å². The number of carbonyl (C=O) groups is 2. The predicted octanol–water partition coefficient (Wildman–Crippen LogP) is 12.3. The van der Waals surface area contributed by atoms with Crippen molar-refractivity contribution < 1.29 is 57.0 Å². The Hall–Kier alpha value is -6.06. The minimum Gasteiger partial charge on any atom is -0.489 e. The fourth-order valence-electron chi connectivity index (χ4n) is 9.40. The SMILES string of the molecule is COCCCOc1cc2nccc(Oc3ccc(CC(=O)CC4CCC4)c(Cl)c3)c2c2c1OCCO2.COCCOc1cc2nccc(Oc3ccc(CC(=O)CC4CCCC4)c(Cl)c3)c2c2c1OCCO2. The van der Waals surface area contributed by atoms with E-state index in [1.165, 1.54) is 19.3 Å². The van der Waals surface area contributed by atoms with Crippen LogP contribution in [0.4, 0.5) is 0 Å². The summed E-state index contributed by atoms with van der Waals surface area (Å²) in [5.41, 5.74) is 2.96. The van der Waals surface area contributed by atoms with E-state index in [4.69, 9.17) is 70.6 Å². The molecule has 16 heteroatoms. The second-order valence-electron chi connectivity index (χ2n) is 18.4. The summed E-state index contributed by atoms with van der Waals surface area (Å²) in [6.45, 7) is 3.60. The molecule has 0 radical (unpaired) electrons. The van der Waals surface area contributed by atoms with E-state index in [0.717, 1.165) is 43.2 Å². The van der Waals surface area contributed by atoms with Gasteiger partial charge in [0.1, 0.15) is 67.6 Å². The summed E-state index contributed by atoms with van der Waals surface area (Å²) in [5.74, 6) is 7.09. The van der Waals surface area contributed by atoms with Crippen LogP contribution in [0.15, 0.2) is 73.1 Å². The molecule has 0 unspecified atom stereocenters. The zero-order chi connectivity index (χ0) is 49.8. The number of nitrogens with zero attached hydrogens (tertiary/aromatic N) is 2. The van der Waals surface area contributed by atoms with Crippen molar-refractivity contribution in [2.45, 2.75) is 77.0 Å². The first-order valence-electron chi connectivity index (χ1n) is 24.9. The lowest BCUT2D eigenvalue weighted by atomic mass is 9.81. The van der Waals surface area contributed by atoms with Crippen LogP contribution < -0.4 is 37.9 Å². The molecule has 2 aromatic heterocycles. The third-order valence-corrected chi connectivity index (χ3v) is 13.9. The minimum absolute atomic E-state index is 0.236. The fraction of sp³-hybridized carbons (Fsp3) is 0.429. The fourth-order valence-corrected chi connectivity index (χ4v) is 9.88. The van der Waals surface area contributed by atoms with Crippen molar-refractivity contribution in [3.63, 3.8) is 0 Å². The van der Waals surface area contributed by atoms with Gasteiger partial charge in [-0.2, -0.15) is 0 Å². The van der Waals surface area contributed by atoms with Gasteiger partial charge in [-0.05, 0) is 59.4 Å². The van der Waals surface area contributed by atoms with Gasteiger partial charge in [0, 0.05) is 87.5 Å². The van der Waals surface area contributed by atoms with Gasteiger partial charge in [-0.25, -0.2) is 0 Å². The Morgan fingerprint density at radius 1 is 0.542 bits per heavy atom. The summed E-state index contributed by atoms with van der Waals surface area (Å²) in [6.07, 6.45) is 14.4. The molecule has 4 heterocycles. The number of fused-ring (bicyclic) bond motifs is 6. The van der Waals surface area contributed by atoms with Crippen LogP contribution in [0.2, 0.25) is 10.0 Å². The zero-order valence-corrected chi connectivity index (χ0v) is 42.3. The highest BCUT2D eigenvalue weighted by Crippen LogP contribution is 2.50. The smallest absolute Gasteiger partial charge is 0.204 e. The second-order valence-corrected chi connectivity index (χ2v) is 19.2. The van der Waals surface area contributed by atoms with E-state index in [9.17, 15) is 9.59 Å². The van der Waals surface area contributed by atoms with Gasteiger partial charge in [-0.3, -0.25) is 19.6 Å². The number of halogens is 2. The van der Waals surface area contributed by atoms with Gasteiger partial charge in [0.05, 0.1) is 35.0 Å². The molecule has 0 atom stereocenters. The molecule has 14 nitrogen and oxygen atoms in total. The van der Waals surface area contributed by atoms with E-state index in [2.05, 4.69) is 9.97 Å². The van der Waals surface area contributed by atoms with Crippen molar-refractivity contribution in [2.75, 3.05) is 67.1 Å². The Balaban J connectivity index is 0.000000178. The highest BCUT2D eigenvalue weighted by Gasteiger charge is 2.27. The van der Waals surface area contributed by atoms with Crippen LogP contribution in [0.5, 0.6) is 57.5 Å². The molecule has 2 aliphatic carbocycles. The van der Waals surface area contributed by atoms with E-state index in [0.29, 0.717) is 180 Å². The lowest BCUT2D eigenvalue weighted by molar-refractivity contribution is -0.120. The number of ether oxygens (including phenoxy) is 10. The monoisotopic (exact) mass is 1020 g/mol. The number of aromatic nitrogens is 2. The van der Waals surface area contributed by atoms with E-state index in [-0.39, 0.29) is 11.6 Å². The summed E-state index contributed by atoms with van der Waals surface area (Å²) in [5, 5.41) is 2.42. The number of pyridine rings is 2. The third-order valence-electron chi connectivity index (χ3n) is 13.2. The maximum atomic E-state index is 12.6. The van der Waals surface area contributed by atoms with Gasteiger partial charge < -0.3 is 47.4 Å². The summed E-state index contributed by atoms with van der Waals surface area (Å²) >= 11 is 13.1. The molecule has 0 spiro atoms. The molecule has 4 aromatic carbocycles. The average molecular weight is 1020 g/mol. The zero-order valence-electron chi connectivity index (χ0n) is 40.8. The van der Waals surface area contributed by atoms with Crippen LogP contribution in [-0.4, -0.2) is 88.6 Å². The number of carbonyl (C=O) groups excluding carboxylic acids is 2. The first-order chi connectivity index (χ1) is 35.2. The van der Waals surface area contributed by atoms with Gasteiger partial charge in [-0.1, -0.05) is 80.3 Å². The van der Waals surface area contributed by atoms with Crippen molar-refractivity contribution in [2.24, 2.45) is 11.8 Å². The Labute approximate surface area is 429 Å². The highest BCUT2D eigenvalue weighted by molar-refractivity contribution is 6.32. The summed E-state index contributed by atoms with van der Waals surface area (Å²) < 4.78 is 58.3. The van der Waals surface area contributed by atoms with E-state index in [1.807, 2.05) is 36.4 Å². The van der Waals surface area contributed by atoms with Gasteiger partial charge >= 0.3 is 0 Å². The predicted molar refractivity (Wildman–Crippen MR) is 274 cm³/mol. The topological polar surface area (TPSA) is 152 Å². The molecule has 0 bridgehead atoms. The van der Waals surface area contributed by atoms with Crippen LogP contribution in [-0.2, 0) is 31.9 Å². The maximum Gasteiger partial charge on any atom is 0.204 e. The normalized spacial score (nSPS) is 15.1. The van der Waals surface area contributed by atoms with E-state index in [1.54, 1.807) is 50.9 Å². The molecule has 0 N–H and O–H groups in total. The molecule has 10 rings (SSSR count). The molecule has 4 aliphatic rings. The molecule has 380 valence electrons. The molecular weight excluding hydrogens is 964 g/mol. The molecule has 72 heavy (non-hydrogen) atoms. The Bertz CT molecular complexity index is 2870. The first-order valence-corrected chi connectivity index (χ1v) is 25.6. The Morgan fingerprint density at radius 2 is 1.00 bits per heavy atom. The van der Waals surface area contributed by atoms with Crippen molar-refractivity contribution in [3.8, 4) is 57.5 Å². The van der Waals surface area contributed by atoms with Crippen molar-refractivity contribution in [1.82, 2.24) is 9.97 Å². The Morgan fingerprint density at radius 3 is 1.44 bits per heavy atom. The Kier molecular flexibility index (Phi) is 17.4. The standard InChI is InChI=1S/2C28H30ClNO6/c1-32-10-3-11-33-25-17-23-26(28-27(25)34-12-13-35-28)24(8-9-30-23)36-21-7-6-19(22(29)16-21)15-20(31)14-18-4-2-5-18;1-32-10-11-33-25-17-23-26(28-27(25)34-12-13-35-28)24(8-9-30-23)36-21-7-6-19(22(29)16-21)15-20(31)14-18-4-2-3-5-18/h2*6-9,16-18H,2-5,10-15H2,1H3. The van der Waals surface area contributed by atoms with Crippen LogP contribution in [0.1, 0.15) is 75.3 Å². The van der Waals surface area contributed by atoms with E-state index >= 15 is 0 Å². The molecule has 0 saturated heterocycles. The largest absolute Gasteiger partial charge is 0.489 e. The number of methoxy groups -OCH3 is 2. The van der Waals surface area contributed by atoms with Gasteiger partial charge in [-0.15, -0.1) is 0 Å². The number of rotatable bonds is 21. The molecule has 2 saturated carbocycles. The van der Waals surface area contributed by atoms with Crippen LogP contribution in [0, 0.1) is 11.8 Å².